The number of benzene rings is 2. The fraction of sp³-hybridized carbons (Fsp3) is 0.222. The van der Waals surface area contributed by atoms with Crippen LogP contribution in [-0.2, 0) is 4.74 Å². The van der Waals surface area contributed by atoms with Crippen LogP contribution in [0.5, 0.6) is 0 Å². The number of hydrogen-bond donors (Lipinski definition) is 0. The zero-order chi connectivity index (χ0) is 15.7. The number of rotatable bonds is 4. The Hall–Kier alpha value is -2.46. The third kappa shape index (κ3) is 2.53. The standard InChI is InChI=1S/C18H17NO3/c1-19(2)9-10-22-18(21)12-7-8-14-13-5-3-4-6-15(13)17(20)16(14)11-12/h3-8,11H,9-10H2,1-2H3. The molecule has 112 valence electrons. The van der Waals surface area contributed by atoms with E-state index in [0.717, 1.165) is 11.1 Å². The van der Waals surface area contributed by atoms with Crippen molar-refractivity contribution in [1.82, 2.24) is 4.90 Å². The topological polar surface area (TPSA) is 46.6 Å². The van der Waals surface area contributed by atoms with E-state index in [1.807, 2.05) is 49.3 Å². The fourth-order valence-electron chi connectivity index (χ4n) is 2.56. The van der Waals surface area contributed by atoms with Crippen molar-refractivity contribution in [1.29, 1.82) is 0 Å². The van der Waals surface area contributed by atoms with Crippen molar-refractivity contribution in [2.24, 2.45) is 0 Å². The van der Waals surface area contributed by atoms with E-state index in [4.69, 9.17) is 4.74 Å². The van der Waals surface area contributed by atoms with Gasteiger partial charge in [-0.1, -0.05) is 30.3 Å². The molecule has 0 aromatic heterocycles. The SMILES string of the molecule is CN(C)CCOC(=O)c1ccc2c(c1)C(=O)c1ccccc1-2. The number of hydrogen-bond acceptors (Lipinski definition) is 4. The van der Waals surface area contributed by atoms with Crippen molar-refractivity contribution in [3.8, 4) is 11.1 Å². The molecule has 0 unspecified atom stereocenters. The molecule has 22 heavy (non-hydrogen) atoms. The second-order valence-electron chi connectivity index (χ2n) is 5.57. The fourth-order valence-corrected chi connectivity index (χ4v) is 2.56. The van der Waals surface area contributed by atoms with E-state index in [2.05, 4.69) is 0 Å². The van der Waals surface area contributed by atoms with E-state index < -0.39 is 5.97 Å². The van der Waals surface area contributed by atoms with Crippen molar-refractivity contribution >= 4 is 11.8 Å². The van der Waals surface area contributed by atoms with Crippen molar-refractivity contribution in [2.45, 2.75) is 0 Å². The van der Waals surface area contributed by atoms with E-state index in [-0.39, 0.29) is 5.78 Å². The molecule has 0 N–H and O–H groups in total. The molecule has 0 spiro atoms. The highest BCUT2D eigenvalue weighted by atomic mass is 16.5. The predicted molar refractivity (Wildman–Crippen MR) is 84.1 cm³/mol. The summed E-state index contributed by atoms with van der Waals surface area (Å²) in [4.78, 5) is 26.4. The Morgan fingerprint density at radius 2 is 1.68 bits per heavy atom. The Labute approximate surface area is 129 Å². The first-order valence-corrected chi connectivity index (χ1v) is 7.18. The molecular formula is C18H17NO3. The average Bonchev–Trinajstić information content (AvgIpc) is 2.80. The smallest absolute Gasteiger partial charge is 0.338 e. The van der Waals surface area contributed by atoms with Gasteiger partial charge in [-0.3, -0.25) is 4.79 Å². The summed E-state index contributed by atoms with van der Waals surface area (Å²) in [5.41, 5.74) is 3.48. The van der Waals surface area contributed by atoms with Crippen LogP contribution in [0.15, 0.2) is 42.5 Å². The normalized spacial score (nSPS) is 12.2. The molecule has 3 rings (SSSR count). The predicted octanol–water partition coefficient (Wildman–Crippen LogP) is 2.62. The van der Waals surface area contributed by atoms with Gasteiger partial charge in [0.25, 0.3) is 0 Å². The Morgan fingerprint density at radius 3 is 2.41 bits per heavy atom. The maximum Gasteiger partial charge on any atom is 0.338 e. The van der Waals surface area contributed by atoms with Gasteiger partial charge in [0.15, 0.2) is 5.78 Å². The highest BCUT2D eigenvalue weighted by Gasteiger charge is 2.27. The molecule has 2 aromatic carbocycles. The summed E-state index contributed by atoms with van der Waals surface area (Å²) >= 11 is 0. The molecule has 1 aliphatic carbocycles. The molecule has 0 heterocycles. The maximum atomic E-state index is 12.4. The maximum absolute atomic E-state index is 12.4. The van der Waals surface area contributed by atoms with E-state index in [1.54, 1.807) is 12.1 Å². The molecule has 0 amide bonds. The third-order valence-corrected chi connectivity index (χ3v) is 3.73. The van der Waals surface area contributed by atoms with Crippen LogP contribution in [0.1, 0.15) is 26.3 Å². The number of carbonyl (C=O) groups excluding carboxylic acids is 2. The molecule has 0 radical (unpaired) electrons. The van der Waals surface area contributed by atoms with Crippen LogP contribution in [0.4, 0.5) is 0 Å². The number of fused-ring (bicyclic) bond motifs is 3. The zero-order valence-corrected chi connectivity index (χ0v) is 12.6. The van der Waals surface area contributed by atoms with E-state index in [1.165, 1.54) is 0 Å². The lowest BCUT2D eigenvalue weighted by Crippen LogP contribution is -2.20. The third-order valence-electron chi connectivity index (χ3n) is 3.73. The summed E-state index contributed by atoms with van der Waals surface area (Å²) in [6.07, 6.45) is 0. The van der Waals surface area contributed by atoms with Gasteiger partial charge >= 0.3 is 5.97 Å². The number of carbonyl (C=O) groups is 2. The van der Waals surface area contributed by atoms with Crippen LogP contribution in [-0.4, -0.2) is 43.9 Å². The number of esters is 1. The second kappa shape index (κ2) is 5.73. The lowest BCUT2D eigenvalue weighted by atomic mass is 10.0. The Kier molecular flexibility index (Phi) is 3.77. The molecule has 0 bridgehead atoms. The summed E-state index contributed by atoms with van der Waals surface area (Å²) in [5.74, 6) is -0.429. The molecule has 0 aliphatic heterocycles. The van der Waals surface area contributed by atoms with Crippen LogP contribution in [0.2, 0.25) is 0 Å². The van der Waals surface area contributed by atoms with Gasteiger partial charge in [-0.2, -0.15) is 0 Å². The Morgan fingerprint density at radius 1 is 1.00 bits per heavy atom. The van der Waals surface area contributed by atoms with Crippen molar-refractivity contribution < 1.29 is 14.3 Å². The van der Waals surface area contributed by atoms with Gasteiger partial charge in [0.2, 0.25) is 0 Å². The molecule has 4 nitrogen and oxygen atoms in total. The van der Waals surface area contributed by atoms with Gasteiger partial charge in [-0.15, -0.1) is 0 Å². The van der Waals surface area contributed by atoms with Crippen molar-refractivity contribution in [2.75, 3.05) is 27.2 Å². The number of likely N-dealkylation sites (N-methyl/N-ethyl adjacent to an activating group) is 1. The minimum absolute atomic E-state index is 0.0338. The first-order chi connectivity index (χ1) is 10.6. The van der Waals surface area contributed by atoms with Gasteiger partial charge in [0.05, 0.1) is 5.56 Å². The first kappa shape index (κ1) is 14.5. The average molecular weight is 295 g/mol. The van der Waals surface area contributed by atoms with Gasteiger partial charge in [0.1, 0.15) is 6.61 Å². The van der Waals surface area contributed by atoms with Crippen molar-refractivity contribution in [3.05, 3.63) is 59.2 Å². The number of ether oxygens (including phenoxy) is 1. The molecule has 0 fully saturated rings. The monoisotopic (exact) mass is 295 g/mol. The molecule has 0 atom stereocenters. The molecule has 2 aromatic rings. The van der Waals surface area contributed by atoms with Crippen molar-refractivity contribution in [3.63, 3.8) is 0 Å². The van der Waals surface area contributed by atoms with Gasteiger partial charge in [-0.25, -0.2) is 4.79 Å². The molecule has 4 heteroatoms. The van der Waals surface area contributed by atoms with Gasteiger partial charge < -0.3 is 9.64 Å². The highest BCUT2D eigenvalue weighted by Crippen LogP contribution is 2.36. The van der Waals surface area contributed by atoms with Crippen LogP contribution < -0.4 is 0 Å². The lowest BCUT2D eigenvalue weighted by molar-refractivity contribution is 0.0482. The van der Waals surface area contributed by atoms with Crippen LogP contribution in [0.25, 0.3) is 11.1 Å². The number of ketones is 1. The first-order valence-electron chi connectivity index (χ1n) is 7.18. The molecule has 1 aliphatic rings. The second-order valence-corrected chi connectivity index (χ2v) is 5.57. The summed E-state index contributed by atoms with van der Waals surface area (Å²) in [5, 5.41) is 0. The van der Waals surface area contributed by atoms with E-state index in [0.29, 0.717) is 29.8 Å². The minimum atomic E-state index is -0.395. The summed E-state index contributed by atoms with van der Waals surface area (Å²) in [7, 11) is 3.83. The molecule has 0 saturated carbocycles. The molecule has 0 saturated heterocycles. The summed E-state index contributed by atoms with van der Waals surface area (Å²) in [6, 6.07) is 12.7. The summed E-state index contributed by atoms with van der Waals surface area (Å²) < 4.78 is 5.22. The van der Waals surface area contributed by atoms with Crippen LogP contribution in [0, 0.1) is 0 Å². The molecular weight excluding hydrogens is 278 g/mol. The quantitative estimate of drug-likeness (QED) is 0.694. The zero-order valence-electron chi connectivity index (χ0n) is 12.6. The van der Waals surface area contributed by atoms with Crippen LogP contribution >= 0.6 is 0 Å². The Bertz CT molecular complexity index is 750. The largest absolute Gasteiger partial charge is 0.461 e. The van der Waals surface area contributed by atoms with Gasteiger partial charge in [0, 0.05) is 17.7 Å². The van der Waals surface area contributed by atoms with Crippen LogP contribution in [0.3, 0.4) is 0 Å². The lowest BCUT2D eigenvalue weighted by Gasteiger charge is -2.10. The Balaban J connectivity index is 1.84. The van der Waals surface area contributed by atoms with E-state index >= 15 is 0 Å². The van der Waals surface area contributed by atoms with E-state index in [9.17, 15) is 9.59 Å². The number of nitrogens with zero attached hydrogens (tertiary/aromatic N) is 1. The minimum Gasteiger partial charge on any atom is -0.461 e. The summed E-state index contributed by atoms with van der Waals surface area (Å²) in [6.45, 7) is 0.998. The highest BCUT2D eigenvalue weighted by molar-refractivity contribution is 6.22. The van der Waals surface area contributed by atoms with Gasteiger partial charge in [-0.05, 0) is 37.4 Å².